The van der Waals surface area contributed by atoms with Gasteiger partial charge in [0.25, 0.3) is 5.91 Å². The highest BCUT2D eigenvalue weighted by Crippen LogP contribution is 2.22. The minimum absolute atomic E-state index is 0.0994. The molecule has 2 rings (SSSR count). The van der Waals surface area contributed by atoms with Gasteiger partial charge in [-0.25, -0.2) is 8.78 Å². The van der Waals surface area contributed by atoms with E-state index >= 15 is 0 Å². The summed E-state index contributed by atoms with van der Waals surface area (Å²) in [6, 6.07) is 8.47. The first kappa shape index (κ1) is 17.4. The molecule has 23 heavy (non-hydrogen) atoms. The van der Waals surface area contributed by atoms with Crippen LogP contribution in [0.5, 0.6) is 0 Å². The monoisotopic (exact) mass is 339 g/mol. The summed E-state index contributed by atoms with van der Waals surface area (Å²) in [6.45, 7) is 3.76. The predicted molar refractivity (Wildman–Crippen MR) is 86.4 cm³/mol. The summed E-state index contributed by atoms with van der Waals surface area (Å²) in [7, 11) is 0. The van der Waals surface area contributed by atoms with Crippen molar-refractivity contribution in [3.63, 3.8) is 0 Å². The molecule has 0 aliphatic carbocycles. The van der Waals surface area contributed by atoms with Gasteiger partial charge in [0.05, 0.1) is 10.7 Å². The maximum Gasteiger partial charge on any atom is 0.279 e. The van der Waals surface area contributed by atoms with E-state index in [9.17, 15) is 13.6 Å². The quantitative estimate of drug-likeness (QED) is 0.863. The molecule has 0 aliphatic heterocycles. The van der Waals surface area contributed by atoms with Crippen LogP contribution in [0.4, 0.5) is 14.5 Å². The largest absolute Gasteiger partial charge is 0.332 e. The Kier molecular flexibility index (Phi) is 5.69. The molecule has 0 saturated heterocycles. The standard InChI is InChI=1S/C17H17ClF2N2O/c1-10-3-6-16(14(18)7-10)22-17(23)9-21-11(2)13-5-4-12(19)8-15(13)20/h3-8,11,21H,9H2,1-2H3,(H,22,23)/p+1/t11-/m0/s1. The lowest BCUT2D eigenvalue weighted by atomic mass is 10.1. The zero-order valence-corrected chi connectivity index (χ0v) is 13.6. The molecule has 1 atom stereocenters. The number of anilines is 1. The molecule has 122 valence electrons. The lowest BCUT2D eigenvalue weighted by Crippen LogP contribution is -2.86. The number of hydrogen-bond donors (Lipinski definition) is 2. The van der Waals surface area contributed by atoms with Gasteiger partial charge in [-0.2, -0.15) is 0 Å². The van der Waals surface area contributed by atoms with Gasteiger partial charge in [-0.15, -0.1) is 0 Å². The second-order valence-corrected chi connectivity index (χ2v) is 5.83. The zero-order valence-electron chi connectivity index (χ0n) is 12.9. The van der Waals surface area contributed by atoms with Crippen molar-refractivity contribution in [2.75, 3.05) is 11.9 Å². The molecule has 0 unspecified atom stereocenters. The van der Waals surface area contributed by atoms with Crippen molar-refractivity contribution in [3.05, 3.63) is 64.2 Å². The van der Waals surface area contributed by atoms with Crippen LogP contribution in [0.2, 0.25) is 5.02 Å². The SMILES string of the molecule is Cc1ccc(NC(=O)C[NH2+][C@@H](C)c2ccc(F)cc2F)c(Cl)c1. The number of carbonyl (C=O) groups excluding carboxylic acids is 1. The number of aryl methyl sites for hydroxylation is 1. The summed E-state index contributed by atoms with van der Waals surface area (Å²) in [4.78, 5) is 12.0. The van der Waals surface area contributed by atoms with Gasteiger partial charge in [0.2, 0.25) is 0 Å². The molecule has 0 bridgehead atoms. The van der Waals surface area contributed by atoms with Crippen molar-refractivity contribution >= 4 is 23.2 Å². The Hall–Kier alpha value is -1.98. The fourth-order valence-corrected chi connectivity index (χ4v) is 2.49. The van der Waals surface area contributed by atoms with E-state index in [1.165, 1.54) is 12.1 Å². The summed E-state index contributed by atoms with van der Waals surface area (Å²) in [5, 5.41) is 4.85. The van der Waals surface area contributed by atoms with Gasteiger partial charge in [-0.05, 0) is 43.7 Å². The summed E-state index contributed by atoms with van der Waals surface area (Å²) in [5.74, 6) is -1.48. The van der Waals surface area contributed by atoms with Crippen LogP contribution in [-0.2, 0) is 4.79 Å². The van der Waals surface area contributed by atoms with E-state index < -0.39 is 11.6 Å². The van der Waals surface area contributed by atoms with Crippen molar-refractivity contribution in [2.45, 2.75) is 19.9 Å². The zero-order chi connectivity index (χ0) is 17.0. The number of nitrogens with two attached hydrogens (primary N) is 1. The molecule has 2 aromatic carbocycles. The molecule has 0 heterocycles. The Morgan fingerprint density at radius 1 is 1.26 bits per heavy atom. The van der Waals surface area contributed by atoms with Crippen LogP contribution in [0.1, 0.15) is 24.1 Å². The Balaban J connectivity index is 1.93. The average Bonchev–Trinajstić information content (AvgIpc) is 2.48. The molecule has 3 N–H and O–H groups in total. The van der Waals surface area contributed by atoms with Gasteiger partial charge >= 0.3 is 0 Å². The second kappa shape index (κ2) is 7.53. The molecule has 2 aromatic rings. The highest BCUT2D eigenvalue weighted by molar-refractivity contribution is 6.33. The van der Waals surface area contributed by atoms with Crippen LogP contribution in [-0.4, -0.2) is 12.5 Å². The lowest BCUT2D eigenvalue weighted by Gasteiger charge is -2.12. The van der Waals surface area contributed by atoms with Gasteiger partial charge in [-0.1, -0.05) is 17.7 Å². The van der Waals surface area contributed by atoms with Gasteiger partial charge in [0, 0.05) is 11.6 Å². The molecule has 0 aromatic heterocycles. The van der Waals surface area contributed by atoms with Gasteiger partial charge in [-0.3, -0.25) is 4.79 Å². The van der Waals surface area contributed by atoms with Crippen molar-refractivity contribution in [2.24, 2.45) is 0 Å². The molecular weight excluding hydrogens is 322 g/mol. The number of hydrogen-bond acceptors (Lipinski definition) is 1. The van der Waals surface area contributed by atoms with Crippen molar-refractivity contribution in [1.29, 1.82) is 0 Å². The smallest absolute Gasteiger partial charge is 0.279 e. The minimum atomic E-state index is -0.620. The van der Waals surface area contributed by atoms with E-state index in [4.69, 9.17) is 11.6 Å². The molecule has 0 saturated carbocycles. The maximum atomic E-state index is 13.7. The molecular formula is C17H18ClF2N2O+. The average molecular weight is 340 g/mol. The number of quaternary nitrogens is 1. The number of benzene rings is 2. The molecule has 0 aliphatic rings. The van der Waals surface area contributed by atoms with Crippen LogP contribution >= 0.6 is 11.6 Å². The van der Waals surface area contributed by atoms with Gasteiger partial charge in [0.15, 0.2) is 6.54 Å². The second-order valence-electron chi connectivity index (χ2n) is 5.43. The van der Waals surface area contributed by atoms with Gasteiger partial charge < -0.3 is 10.6 Å². The van der Waals surface area contributed by atoms with Crippen LogP contribution in [0.15, 0.2) is 36.4 Å². The summed E-state index contributed by atoms with van der Waals surface area (Å²) < 4.78 is 26.6. The van der Waals surface area contributed by atoms with Crippen LogP contribution < -0.4 is 10.6 Å². The van der Waals surface area contributed by atoms with Crippen molar-refractivity contribution in [3.8, 4) is 0 Å². The minimum Gasteiger partial charge on any atom is -0.332 e. The fourth-order valence-electron chi connectivity index (χ4n) is 2.20. The number of amides is 1. The highest BCUT2D eigenvalue weighted by atomic mass is 35.5. The van der Waals surface area contributed by atoms with Crippen molar-refractivity contribution < 1.29 is 18.9 Å². The Bertz CT molecular complexity index is 722. The molecule has 0 radical (unpaired) electrons. The number of carbonyl (C=O) groups is 1. The summed E-state index contributed by atoms with van der Waals surface area (Å²) in [6.07, 6.45) is 0. The maximum absolute atomic E-state index is 13.7. The topological polar surface area (TPSA) is 45.7 Å². The molecule has 1 amide bonds. The summed E-state index contributed by atoms with van der Waals surface area (Å²) >= 11 is 6.06. The van der Waals surface area contributed by atoms with Crippen molar-refractivity contribution in [1.82, 2.24) is 0 Å². The van der Waals surface area contributed by atoms with Crippen LogP contribution in [0.3, 0.4) is 0 Å². The van der Waals surface area contributed by atoms with E-state index in [-0.39, 0.29) is 18.5 Å². The first-order chi connectivity index (χ1) is 10.9. The van der Waals surface area contributed by atoms with Crippen LogP contribution in [0, 0.1) is 18.6 Å². The normalized spacial score (nSPS) is 12.0. The number of halogens is 3. The van der Waals surface area contributed by atoms with E-state index in [1.807, 2.05) is 13.0 Å². The number of nitrogens with one attached hydrogen (secondary N) is 1. The third-order valence-electron chi connectivity index (χ3n) is 3.51. The molecule has 6 heteroatoms. The first-order valence-electron chi connectivity index (χ1n) is 7.21. The third-order valence-corrected chi connectivity index (χ3v) is 3.82. The Labute approximate surface area is 138 Å². The van der Waals surface area contributed by atoms with E-state index in [2.05, 4.69) is 5.32 Å². The lowest BCUT2D eigenvalue weighted by molar-refractivity contribution is -0.682. The predicted octanol–water partition coefficient (Wildman–Crippen LogP) is 3.19. The Morgan fingerprint density at radius 2 is 2.00 bits per heavy atom. The molecule has 0 spiro atoms. The van der Waals surface area contributed by atoms with Gasteiger partial charge in [0.1, 0.15) is 17.7 Å². The number of rotatable bonds is 5. The molecule has 0 fully saturated rings. The van der Waals surface area contributed by atoms with E-state index in [0.717, 1.165) is 11.6 Å². The highest BCUT2D eigenvalue weighted by Gasteiger charge is 2.16. The van der Waals surface area contributed by atoms with E-state index in [1.54, 1.807) is 24.4 Å². The molecule has 3 nitrogen and oxygen atoms in total. The first-order valence-corrected chi connectivity index (χ1v) is 7.59. The van der Waals surface area contributed by atoms with E-state index in [0.29, 0.717) is 16.3 Å². The Morgan fingerprint density at radius 3 is 2.65 bits per heavy atom. The fraction of sp³-hybridized carbons (Fsp3) is 0.235. The third kappa shape index (κ3) is 4.74. The summed E-state index contributed by atoms with van der Waals surface area (Å²) in [5.41, 5.74) is 1.89. The van der Waals surface area contributed by atoms with Crippen LogP contribution in [0.25, 0.3) is 0 Å².